The van der Waals surface area contributed by atoms with E-state index in [9.17, 15) is 4.79 Å². The summed E-state index contributed by atoms with van der Waals surface area (Å²) in [7, 11) is 1.70. The summed E-state index contributed by atoms with van der Waals surface area (Å²) in [6.45, 7) is 10.4. The molecule has 6 heteroatoms. The van der Waals surface area contributed by atoms with Crippen molar-refractivity contribution in [3.63, 3.8) is 0 Å². The molecule has 0 spiro atoms. The Morgan fingerprint density at radius 2 is 2.00 bits per heavy atom. The van der Waals surface area contributed by atoms with E-state index in [0.717, 1.165) is 49.7 Å². The molecule has 1 aliphatic heterocycles. The molecule has 0 atom stereocenters. The Morgan fingerprint density at radius 3 is 2.64 bits per heavy atom. The van der Waals surface area contributed by atoms with Crippen LogP contribution in [0.15, 0.2) is 29.3 Å². The molecule has 1 saturated heterocycles. The molecule has 156 valence electrons. The number of likely N-dealkylation sites (tertiary alicyclic amines) is 1. The number of hydrogen-bond donors (Lipinski definition) is 2. The molecule has 1 amide bonds. The molecule has 0 unspecified atom stereocenters. The zero-order valence-electron chi connectivity index (χ0n) is 17.8. The molecule has 0 radical (unpaired) electrons. The second-order valence-corrected chi connectivity index (χ2v) is 7.79. The second kappa shape index (κ2) is 11.6. The molecule has 2 N–H and O–H groups in total. The monoisotopic (exact) mass is 388 g/mol. The Hall–Kier alpha value is -2.24. The van der Waals surface area contributed by atoms with Gasteiger partial charge in [-0.1, -0.05) is 32.0 Å². The fraction of sp³-hybridized carbons (Fsp3) is 0.636. The van der Waals surface area contributed by atoms with Gasteiger partial charge >= 0.3 is 0 Å². The number of benzene rings is 1. The van der Waals surface area contributed by atoms with Crippen LogP contribution in [0, 0.1) is 11.8 Å². The van der Waals surface area contributed by atoms with Gasteiger partial charge in [-0.3, -0.25) is 4.79 Å². The maximum absolute atomic E-state index is 11.6. The van der Waals surface area contributed by atoms with Crippen molar-refractivity contribution in [2.45, 2.75) is 46.6 Å². The lowest BCUT2D eigenvalue weighted by atomic mass is 9.93. The molecular formula is C22H36N4O2. The first-order chi connectivity index (χ1) is 13.5. The van der Waals surface area contributed by atoms with Crippen molar-refractivity contribution in [3.05, 3.63) is 29.8 Å². The molecule has 1 aromatic rings. The summed E-state index contributed by atoms with van der Waals surface area (Å²) in [5.74, 6) is 2.95. The lowest BCUT2D eigenvalue weighted by molar-refractivity contribution is -0.121. The average molecular weight is 389 g/mol. The van der Waals surface area contributed by atoms with Crippen molar-refractivity contribution in [1.29, 1.82) is 0 Å². The van der Waals surface area contributed by atoms with Gasteiger partial charge < -0.3 is 20.3 Å². The van der Waals surface area contributed by atoms with Gasteiger partial charge in [-0.25, -0.2) is 4.99 Å². The highest BCUT2D eigenvalue weighted by Crippen LogP contribution is 2.22. The molecule has 6 nitrogen and oxygen atoms in total. The number of nitrogens with zero attached hydrogens (tertiary/aromatic N) is 2. The van der Waals surface area contributed by atoms with Gasteiger partial charge in [0, 0.05) is 38.7 Å². The van der Waals surface area contributed by atoms with E-state index in [1.807, 2.05) is 18.2 Å². The van der Waals surface area contributed by atoms with Crippen LogP contribution in [0.2, 0.25) is 0 Å². The number of hydrogen-bond acceptors (Lipinski definition) is 3. The number of carbonyl (C=O) groups excluding carboxylic acids is 1. The minimum atomic E-state index is 0.136. The predicted octanol–water partition coefficient (Wildman–Crippen LogP) is 3.04. The van der Waals surface area contributed by atoms with E-state index >= 15 is 0 Å². The van der Waals surface area contributed by atoms with Crippen LogP contribution in [0.5, 0.6) is 5.75 Å². The van der Waals surface area contributed by atoms with Gasteiger partial charge in [-0.2, -0.15) is 0 Å². The topological polar surface area (TPSA) is 66.0 Å². The fourth-order valence-electron chi connectivity index (χ4n) is 3.33. The third kappa shape index (κ3) is 7.06. The molecule has 0 saturated carbocycles. The molecule has 2 rings (SSSR count). The van der Waals surface area contributed by atoms with Crippen LogP contribution in [-0.4, -0.2) is 50.1 Å². The van der Waals surface area contributed by atoms with E-state index in [2.05, 4.69) is 42.4 Å². The first-order valence-corrected chi connectivity index (χ1v) is 10.5. The molecule has 0 bridgehead atoms. The van der Waals surface area contributed by atoms with Crippen LogP contribution >= 0.6 is 0 Å². The maximum Gasteiger partial charge on any atom is 0.220 e. The second-order valence-electron chi connectivity index (χ2n) is 7.79. The highest BCUT2D eigenvalue weighted by molar-refractivity contribution is 5.80. The fourth-order valence-corrected chi connectivity index (χ4v) is 3.33. The molecule has 28 heavy (non-hydrogen) atoms. The van der Waals surface area contributed by atoms with E-state index in [-0.39, 0.29) is 5.91 Å². The van der Waals surface area contributed by atoms with Crippen LogP contribution in [0.1, 0.15) is 45.6 Å². The number of guanidine groups is 1. The molecular weight excluding hydrogens is 352 g/mol. The molecule has 1 aromatic carbocycles. The summed E-state index contributed by atoms with van der Waals surface area (Å²) < 4.78 is 5.96. The van der Waals surface area contributed by atoms with Gasteiger partial charge in [0.1, 0.15) is 5.75 Å². The number of amides is 1. The molecule has 0 aliphatic carbocycles. The van der Waals surface area contributed by atoms with Gasteiger partial charge in [0.2, 0.25) is 5.91 Å². The standard InChI is InChI=1S/C22H36N4O2/c1-5-24-22(26-12-10-18(11-13-26)14-21(27)23-4)25-15-19-8-6-7-9-20(19)28-16-17(2)3/h6-9,17-18H,5,10-16H2,1-4H3,(H,23,27)(H,24,25). The molecule has 1 fully saturated rings. The number of ether oxygens (including phenoxy) is 1. The zero-order chi connectivity index (χ0) is 20.4. The Kier molecular flexibility index (Phi) is 9.11. The normalized spacial score (nSPS) is 15.6. The Morgan fingerprint density at radius 1 is 1.29 bits per heavy atom. The Bertz CT molecular complexity index is 637. The number of nitrogens with one attached hydrogen (secondary N) is 2. The van der Waals surface area contributed by atoms with Gasteiger partial charge in [-0.15, -0.1) is 0 Å². The zero-order valence-corrected chi connectivity index (χ0v) is 17.8. The van der Waals surface area contributed by atoms with Crippen molar-refractivity contribution in [3.8, 4) is 5.75 Å². The quantitative estimate of drug-likeness (QED) is 0.531. The third-order valence-electron chi connectivity index (χ3n) is 4.95. The predicted molar refractivity (Wildman–Crippen MR) is 115 cm³/mol. The van der Waals surface area contributed by atoms with Gasteiger partial charge in [0.25, 0.3) is 0 Å². The van der Waals surface area contributed by atoms with Crippen molar-refractivity contribution < 1.29 is 9.53 Å². The van der Waals surface area contributed by atoms with Crippen LogP contribution in [0.3, 0.4) is 0 Å². The lowest BCUT2D eigenvalue weighted by Crippen LogP contribution is -2.46. The van der Waals surface area contributed by atoms with E-state index in [1.54, 1.807) is 7.05 Å². The van der Waals surface area contributed by atoms with Crippen LogP contribution in [-0.2, 0) is 11.3 Å². The largest absolute Gasteiger partial charge is 0.493 e. The highest BCUT2D eigenvalue weighted by atomic mass is 16.5. The minimum Gasteiger partial charge on any atom is -0.493 e. The molecule has 1 heterocycles. The number of piperidine rings is 1. The average Bonchev–Trinajstić information content (AvgIpc) is 2.70. The number of carbonyl (C=O) groups is 1. The summed E-state index contributed by atoms with van der Waals surface area (Å²) in [5.41, 5.74) is 1.10. The first kappa shape index (κ1) is 22.1. The van der Waals surface area contributed by atoms with E-state index in [4.69, 9.17) is 9.73 Å². The summed E-state index contributed by atoms with van der Waals surface area (Å²) in [5, 5.41) is 6.14. The summed E-state index contributed by atoms with van der Waals surface area (Å²) in [6.07, 6.45) is 2.66. The van der Waals surface area contributed by atoms with Gasteiger partial charge in [0.05, 0.1) is 13.2 Å². The number of para-hydroxylation sites is 1. The smallest absolute Gasteiger partial charge is 0.220 e. The Balaban J connectivity index is 1.99. The van der Waals surface area contributed by atoms with Crippen molar-refractivity contribution in [2.75, 3.05) is 33.3 Å². The summed E-state index contributed by atoms with van der Waals surface area (Å²) >= 11 is 0. The number of aliphatic imine (C=N–C) groups is 1. The van der Waals surface area contributed by atoms with Gasteiger partial charge in [0.15, 0.2) is 5.96 Å². The van der Waals surface area contributed by atoms with E-state index < -0.39 is 0 Å². The third-order valence-corrected chi connectivity index (χ3v) is 4.95. The first-order valence-electron chi connectivity index (χ1n) is 10.5. The van der Waals surface area contributed by atoms with Gasteiger partial charge in [-0.05, 0) is 37.7 Å². The maximum atomic E-state index is 11.6. The SMILES string of the molecule is CCNC(=NCc1ccccc1OCC(C)C)N1CCC(CC(=O)NC)CC1. The van der Waals surface area contributed by atoms with Crippen molar-refractivity contribution in [1.82, 2.24) is 15.5 Å². The highest BCUT2D eigenvalue weighted by Gasteiger charge is 2.23. The van der Waals surface area contributed by atoms with Crippen LogP contribution in [0.4, 0.5) is 0 Å². The number of rotatable bonds is 8. The lowest BCUT2D eigenvalue weighted by Gasteiger charge is -2.34. The van der Waals surface area contributed by atoms with Crippen molar-refractivity contribution >= 4 is 11.9 Å². The summed E-state index contributed by atoms with van der Waals surface area (Å²) in [4.78, 5) is 18.8. The summed E-state index contributed by atoms with van der Waals surface area (Å²) in [6, 6.07) is 8.14. The minimum absolute atomic E-state index is 0.136. The Labute approximate surface area is 169 Å². The molecule has 0 aromatic heterocycles. The van der Waals surface area contributed by atoms with E-state index in [0.29, 0.717) is 31.4 Å². The van der Waals surface area contributed by atoms with Crippen LogP contribution in [0.25, 0.3) is 0 Å². The van der Waals surface area contributed by atoms with E-state index in [1.165, 1.54) is 0 Å². The van der Waals surface area contributed by atoms with Crippen molar-refractivity contribution in [2.24, 2.45) is 16.8 Å². The van der Waals surface area contributed by atoms with Crippen LogP contribution < -0.4 is 15.4 Å². The molecule has 1 aliphatic rings.